The van der Waals surface area contributed by atoms with Crippen LogP contribution in [0.2, 0.25) is 0 Å². The zero-order valence-corrected chi connectivity index (χ0v) is 9.52. The van der Waals surface area contributed by atoms with Crippen LogP contribution in [0.25, 0.3) is 0 Å². The number of nitrogens with zero attached hydrogens (tertiary/aromatic N) is 2. The largest absolute Gasteiger partial charge is 0.468 e. The van der Waals surface area contributed by atoms with Gasteiger partial charge in [0.15, 0.2) is 0 Å². The van der Waals surface area contributed by atoms with Crippen LogP contribution in [0.15, 0.2) is 12.3 Å². The van der Waals surface area contributed by atoms with E-state index in [0.717, 1.165) is 5.69 Å². The molecule has 5 heteroatoms. The Kier molecular flexibility index (Phi) is 3.14. The first-order valence-corrected chi connectivity index (χ1v) is 4.73. The van der Waals surface area contributed by atoms with Crippen molar-refractivity contribution in [3.63, 3.8) is 0 Å². The van der Waals surface area contributed by atoms with Crippen molar-refractivity contribution in [3.05, 3.63) is 18.0 Å². The highest BCUT2D eigenvalue weighted by Crippen LogP contribution is 2.24. The highest BCUT2D eigenvalue weighted by Gasteiger charge is 2.36. The Balaban J connectivity index is 2.96. The van der Waals surface area contributed by atoms with Crippen molar-refractivity contribution in [3.8, 4) is 0 Å². The van der Waals surface area contributed by atoms with Gasteiger partial charge in [0.2, 0.25) is 0 Å². The van der Waals surface area contributed by atoms with E-state index in [9.17, 15) is 4.79 Å². The zero-order valence-electron chi connectivity index (χ0n) is 9.52. The summed E-state index contributed by atoms with van der Waals surface area (Å²) in [5.74, 6) is -0.425. The predicted molar refractivity (Wildman–Crippen MR) is 56.2 cm³/mol. The second-order valence-corrected chi connectivity index (χ2v) is 4.10. The second kappa shape index (κ2) is 4.02. The van der Waals surface area contributed by atoms with Crippen molar-refractivity contribution in [1.29, 1.82) is 0 Å². The Morgan fingerprint density at radius 2 is 2.27 bits per heavy atom. The minimum Gasteiger partial charge on any atom is -0.468 e. The van der Waals surface area contributed by atoms with E-state index in [4.69, 9.17) is 5.73 Å². The lowest BCUT2D eigenvalue weighted by Crippen LogP contribution is -2.47. The molecule has 0 saturated carbocycles. The summed E-state index contributed by atoms with van der Waals surface area (Å²) in [6.45, 7) is 3.74. The van der Waals surface area contributed by atoms with Crippen LogP contribution in [0, 0.1) is 0 Å². The Labute approximate surface area is 89.2 Å². The topological polar surface area (TPSA) is 70.1 Å². The van der Waals surface area contributed by atoms with E-state index in [1.165, 1.54) is 7.11 Å². The first-order valence-electron chi connectivity index (χ1n) is 4.73. The molecule has 0 aliphatic heterocycles. The summed E-state index contributed by atoms with van der Waals surface area (Å²) in [5, 5.41) is 4.25. The molecule has 1 atom stereocenters. The molecule has 0 aliphatic rings. The summed E-state index contributed by atoms with van der Waals surface area (Å²) in [4.78, 5) is 11.4. The van der Waals surface area contributed by atoms with Gasteiger partial charge in [0.05, 0.1) is 12.8 Å². The minimum absolute atomic E-state index is 0.425. The van der Waals surface area contributed by atoms with E-state index in [0.29, 0.717) is 0 Å². The molecule has 0 aliphatic carbocycles. The van der Waals surface area contributed by atoms with Gasteiger partial charge in [0.1, 0.15) is 6.04 Å². The molecule has 84 valence electrons. The molecule has 0 spiro atoms. The molecular weight excluding hydrogens is 194 g/mol. The summed E-state index contributed by atoms with van der Waals surface area (Å²) < 4.78 is 6.31. The summed E-state index contributed by atoms with van der Waals surface area (Å²) >= 11 is 0. The quantitative estimate of drug-likeness (QED) is 0.725. The number of esters is 1. The van der Waals surface area contributed by atoms with Gasteiger partial charge in [-0.1, -0.05) is 13.8 Å². The van der Waals surface area contributed by atoms with E-state index in [1.54, 1.807) is 4.68 Å². The fourth-order valence-corrected chi connectivity index (χ4v) is 1.34. The van der Waals surface area contributed by atoms with Gasteiger partial charge in [0, 0.05) is 18.7 Å². The highest BCUT2D eigenvalue weighted by atomic mass is 16.5. The molecule has 15 heavy (non-hydrogen) atoms. The standard InChI is InChI=1S/C10H17N3O2/c1-10(2,8(11)9(14)15-4)7-5-6-13(3)12-7/h5-6,8H,11H2,1-4H3. The van der Waals surface area contributed by atoms with Crippen LogP contribution >= 0.6 is 0 Å². The van der Waals surface area contributed by atoms with Crippen LogP contribution in [0.1, 0.15) is 19.5 Å². The van der Waals surface area contributed by atoms with E-state index >= 15 is 0 Å². The molecular formula is C10H17N3O2. The van der Waals surface area contributed by atoms with Crippen molar-refractivity contribution in [1.82, 2.24) is 9.78 Å². The van der Waals surface area contributed by atoms with E-state index in [1.807, 2.05) is 33.2 Å². The average molecular weight is 211 g/mol. The number of aryl methyl sites for hydroxylation is 1. The van der Waals surface area contributed by atoms with Crippen molar-refractivity contribution >= 4 is 5.97 Å². The molecule has 0 amide bonds. The third kappa shape index (κ3) is 2.18. The highest BCUT2D eigenvalue weighted by molar-refractivity contribution is 5.77. The lowest BCUT2D eigenvalue weighted by Gasteiger charge is -2.27. The number of rotatable bonds is 3. The maximum absolute atomic E-state index is 11.4. The van der Waals surface area contributed by atoms with E-state index in [-0.39, 0.29) is 0 Å². The molecule has 0 fully saturated rings. The average Bonchev–Trinajstić information content (AvgIpc) is 2.63. The van der Waals surface area contributed by atoms with Gasteiger partial charge < -0.3 is 10.5 Å². The summed E-state index contributed by atoms with van der Waals surface area (Å²) in [6, 6.07) is 1.14. The monoisotopic (exact) mass is 211 g/mol. The van der Waals surface area contributed by atoms with Crippen molar-refractivity contribution in [2.24, 2.45) is 12.8 Å². The summed E-state index contributed by atoms with van der Waals surface area (Å²) in [7, 11) is 3.15. The van der Waals surface area contributed by atoms with Gasteiger partial charge in [-0.2, -0.15) is 5.10 Å². The SMILES string of the molecule is COC(=O)C(N)C(C)(C)c1ccn(C)n1. The summed E-state index contributed by atoms with van der Waals surface area (Å²) in [6.07, 6.45) is 1.82. The van der Waals surface area contributed by atoms with Gasteiger partial charge in [0.25, 0.3) is 0 Å². The molecule has 1 aromatic rings. The number of ether oxygens (including phenoxy) is 1. The maximum atomic E-state index is 11.4. The fourth-order valence-electron chi connectivity index (χ4n) is 1.34. The molecule has 0 bridgehead atoms. The van der Waals surface area contributed by atoms with Crippen LogP contribution in [0.4, 0.5) is 0 Å². The Bertz CT molecular complexity index is 357. The van der Waals surface area contributed by atoms with Crippen LogP contribution in [-0.2, 0) is 22.0 Å². The zero-order chi connectivity index (χ0) is 11.6. The van der Waals surface area contributed by atoms with Gasteiger partial charge in [-0.25, -0.2) is 0 Å². The second-order valence-electron chi connectivity index (χ2n) is 4.10. The summed E-state index contributed by atoms with van der Waals surface area (Å²) in [5.41, 5.74) is 6.07. The van der Waals surface area contributed by atoms with Crippen molar-refractivity contribution < 1.29 is 9.53 Å². The lowest BCUT2D eigenvalue weighted by atomic mass is 9.82. The fraction of sp³-hybridized carbons (Fsp3) is 0.600. The number of carbonyl (C=O) groups excluding carboxylic acids is 1. The maximum Gasteiger partial charge on any atom is 0.323 e. The first-order chi connectivity index (χ1) is 6.89. The Morgan fingerprint density at radius 1 is 1.67 bits per heavy atom. The molecule has 2 N–H and O–H groups in total. The van der Waals surface area contributed by atoms with Gasteiger partial charge >= 0.3 is 5.97 Å². The first kappa shape index (κ1) is 11.7. The molecule has 0 aromatic carbocycles. The Hall–Kier alpha value is -1.36. The van der Waals surface area contributed by atoms with Crippen LogP contribution in [-0.4, -0.2) is 28.9 Å². The van der Waals surface area contributed by atoms with Gasteiger partial charge in [-0.15, -0.1) is 0 Å². The molecule has 0 saturated heterocycles. The number of aromatic nitrogens is 2. The molecule has 1 heterocycles. The number of carbonyl (C=O) groups is 1. The van der Waals surface area contributed by atoms with Crippen LogP contribution < -0.4 is 5.73 Å². The van der Waals surface area contributed by atoms with E-state index in [2.05, 4.69) is 9.84 Å². The van der Waals surface area contributed by atoms with Crippen LogP contribution in [0.3, 0.4) is 0 Å². The van der Waals surface area contributed by atoms with Crippen molar-refractivity contribution in [2.45, 2.75) is 25.3 Å². The third-order valence-corrected chi connectivity index (χ3v) is 2.61. The lowest BCUT2D eigenvalue weighted by molar-refractivity contribution is -0.143. The van der Waals surface area contributed by atoms with Crippen LogP contribution in [0.5, 0.6) is 0 Å². The molecule has 1 unspecified atom stereocenters. The van der Waals surface area contributed by atoms with Gasteiger partial charge in [-0.3, -0.25) is 9.48 Å². The third-order valence-electron chi connectivity index (χ3n) is 2.61. The normalized spacial score (nSPS) is 13.7. The minimum atomic E-state index is -0.711. The van der Waals surface area contributed by atoms with E-state index < -0.39 is 17.4 Å². The van der Waals surface area contributed by atoms with Gasteiger partial charge in [-0.05, 0) is 6.07 Å². The number of hydrogen-bond donors (Lipinski definition) is 1. The predicted octanol–water partition coefficient (Wildman–Crippen LogP) is 0.198. The Morgan fingerprint density at radius 3 is 2.67 bits per heavy atom. The molecule has 1 aromatic heterocycles. The van der Waals surface area contributed by atoms with Crippen molar-refractivity contribution in [2.75, 3.05) is 7.11 Å². The molecule has 5 nitrogen and oxygen atoms in total. The molecule has 1 rings (SSSR count). The number of methoxy groups -OCH3 is 1. The number of nitrogens with two attached hydrogens (primary N) is 1. The molecule has 0 radical (unpaired) electrons. The number of hydrogen-bond acceptors (Lipinski definition) is 4. The smallest absolute Gasteiger partial charge is 0.323 e.